The Hall–Kier alpha value is -1.65. The summed E-state index contributed by atoms with van der Waals surface area (Å²) in [6.07, 6.45) is 3.95. The minimum Gasteiger partial charge on any atom is -0.256 e. The zero-order chi connectivity index (χ0) is 13.9. The molecule has 0 N–H and O–H groups in total. The fourth-order valence-corrected chi connectivity index (χ4v) is 3.38. The van der Waals surface area contributed by atoms with Crippen molar-refractivity contribution in [1.82, 2.24) is 4.98 Å². The lowest BCUT2D eigenvalue weighted by Gasteiger charge is -1.95. The predicted molar refractivity (Wildman–Crippen MR) is 89.8 cm³/mol. The molecule has 0 spiro atoms. The number of aromatic nitrogens is 1. The Labute approximate surface area is 126 Å². The smallest absolute Gasteiger partial charge is 0.150 e. The number of aliphatic imine (C=N–C) groups is 1. The number of nitrogens with zero attached hydrogens (tertiary/aromatic N) is 2. The number of thiazole rings is 1. The fraction of sp³-hybridized carbons (Fsp3) is 0.125. The van der Waals surface area contributed by atoms with Crippen LogP contribution < -0.4 is 0 Å². The number of hydrogen-bond acceptors (Lipinski definition) is 4. The summed E-state index contributed by atoms with van der Waals surface area (Å²) in [5, 5.41) is 0. The van der Waals surface area contributed by atoms with E-state index in [0.29, 0.717) is 0 Å². The number of rotatable bonds is 3. The minimum absolute atomic E-state index is 0.967. The second kappa shape index (κ2) is 5.77. The van der Waals surface area contributed by atoms with Crippen LogP contribution in [-0.4, -0.2) is 17.5 Å². The fourth-order valence-electron chi connectivity index (χ4n) is 1.86. The Morgan fingerprint density at radius 3 is 2.70 bits per heavy atom. The molecule has 0 saturated carbocycles. The van der Waals surface area contributed by atoms with Crippen molar-refractivity contribution in [3.05, 3.63) is 53.6 Å². The molecule has 0 unspecified atom stereocenters. The Bertz CT molecular complexity index is 758. The van der Waals surface area contributed by atoms with Crippen molar-refractivity contribution >= 4 is 45.2 Å². The van der Waals surface area contributed by atoms with Crippen LogP contribution in [0.25, 0.3) is 10.2 Å². The standard InChI is InChI=1S/C16H14N2S2/c1-11-3-5-12(6-4-11)10-17-13-7-8-14-15(9-13)20-16(18-14)19-2/h3-10H,1-2H3. The molecule has 4 heteroatoms. The number of hydrogen-bond donors (Lipinski definition) is 0. The predicted octanol–water partition coefficient (Wildman–Crippen LogP) is 5.08. The molecule has 0 bridgehead atoms. The summed E-state index contributed by atoms with van der Waals surface area (Å²) in [5.74, 6) is 0. The van der Waals surface area contributed by atoms with E-state index >= 15 is 0 Å². The van der Waals surface area contributed by atoms with Gasteiger partial charge < -0.3 is 0 Å². The summed E-state index contributed by atoms with van der Waals surface area (Å²) in [6, 6.07) is 14.5. The molecule has 1 heterocycles. The van der Waals surface area contributed by atoms with Crippen LogP contribution in [0.15, 0.2) is 51.8 Å². The van der Waals surface area contributed by atoms with Crippen molar-refractivity contribution in [2.75, 3.05) is 6.26 Å². The SMILES string of the molecule is CSc1nc2ccc(N=Cc3ccc(C)cc3)cc2s1. The summed E-state index contributed by atoms with van der Waals surface area (Å²) in [6.45, 7) is 2.09. The van der Waals surface area contributed by atoms with Gasteiger partial charge in [0.2, 0.25) is 0 Å². The molecule has 2 nitrogen and oxygen atoms in total. The number of fused-ring (bicyclic) bond motifs is 1. The maximum atomic E-state index is 4.54. The van der Waals surface area contributed by atoms with Gasteiger partial charge in [0.1, 0.15) is 0 Å². The third-order valence-electron chi connectivity index (χ3n) is 2.97. The monoisotopic (exact) mass is 298 g/mol. The summed E-state index contributed by atoms with van der Waals surface area (Å²) < 4.78 is 2.28. The maximum Gasteiger partial charge on any atom is 0.150 e. The van der Waals surface area contributed by atoms with E-state index in [1.807, 2.05) is 24.6 Å². The van der Waals surface area contributed by atoms with Crippen LogP contribution in [0.5, 0.6) is 0 Å². The highest BCUT2D eigenvalue weighted by molar-refractivity contribution is 8.00. The Balaban J connectivity index is 1.88. The van der Waals surface area contributed by atoms with Crippen LogP contribution >= 0.6 is 23.1 Å². The van der Waals surface area contributed by atoms with E-state index in [4.69, 9.17) is 0 Å². The summed E-state index contributed by atoms with van der Waals surface area (Å²) in [7, 11) is 0. The lowest BCUT2D eigenvalue weighted by Crippen LogP contribution is -1.80. The first-order valence-corrected chi connectivity index (χ1v) is 8.34. The molecule has 20 heavy (non-hydrogen) atoms. The normalized spacial score (nSPS) is 11.5. The van der Waals surface area contributed by atoms with Gasteiger partial charge in [0.05, 0.1) is 15.9 Å². The molecule has 0 aliphatic heterocycles. The van der Waals surface area contributed by atoms with Gasteiger partial charge in [-0.05, 0) is 36.9 Å². The van der Waals surface area contributed by atoms with E-state index in [2.05, 4.69) is 47.2 Å². The highest BCUT2D eigenvalue weighted by Crippen LogP contribution is 2.30. The van der Waals surface area contributed by atoms with E-state index in [1.165, 1.54) is 10.3 Å². The minimum atomic E-state index is 0.967. The van der Waals surface area contributed by atoms with Gasteiger partial charge in [-0.2, -0.15) is 0 Å². The second-order valence-electron chi connectivity index (χ2n) is 4.50. The van der Waals surface area contributed by atoms with Crippen molar-refractivity contribution < 1.29 is 0 Å². The molecule has 1 aromatic heterocycles. The quantitative estimate of drug-likeness (QED) is 0.498. The number of aryl methyl sites for hydroxylation is 1. The third-order valence-corrected chi connectivity index (χ3v) is 4.97. The van der Waals surface area contributed by atoms with E-state index in [1.54, 1.807) is 23.1 Å². The maximum absolute atomic E-state index is 4.54. The van der Waals surface area contributed by atoms with Crippen molar-refractivity contribution in [2.24, 2.45) is 4.99 Å². The zero-order valence-corrected chi connectivity index (χ0v) is 13.0. The summed E-state index contributed by atoms with van der Waals surface area (Å²) in [4.78, 5) is 9.07. The zero-order valence-electron chi connectivity index (χ0n) is 11.3. The molecule has 0 saturated heterocycles. The van der Waals surface area contributed by atoms with Gasteiger partial charge >= 0.3 is 0 Å². The van der Waals surface area contributed by atoms with Crippen LogP contribution in [0.1, 0.15) is 11.1 Å². The first-order valence-electron chi connectivity index (χ1n) is 6.30. The number of benzene rings is 2. The van der Waals surface area contributed by atoms with Crippen LogP contribution in [0.3, 0.4) is 0 Å². The molecule has 0 amide bonds. The molecule has 3 aromatic rings. The van der Waals surface area contributed by atoms with Crippen LogP contribution in [0.2, 0.25) is 0 Å². The van der Waals surface area contributed by atoms with Gasteiger partial charge in [-0.25, -0.2) is 4.98 Å². The van der Waals surface area contributed by atoms with Gasteiger partial charge in [-0.1, -0.05) is 41.6 Å². The highest BCUT2D eigenvalue weighted by Gasteiger charge is 2.02. The van der Waals surface area contributed by atoms with Crippen molar-refractivity contribution in [2.45, 2.75) is 11.3 Å². The summed E-state index contributed by atoms with van der Waals surface area (Å²) >= 11 is 3.39. The van der Waals surface area contributed by atoms with E-state index in [0.717, 1.165) is 21.1 Å². The molecule has 100 valence electrons. The van der Waals surface area contributed by atoms with Crippen molar-refractivity contribution in [1.29, 1.82) is 0 Å². The Morgan fingerprint density at radius 1 is 1.15 bits per heavy atom. The molecule has 0 aliphatic carbocycles. The molecule has 0 fully saturated rings. The van der Waals surface area contributed by atoms with E-state index < -0.39 is 0 Å². The lowest BCUT2D eigenvalue weighted by atomic mass is 10.2. The van der Waals surface area contributed by atoms with E-state index in [9.17, 15) is 0 Å². The molecular weight excluding hydrogens is 284 g/mol. The number of thioether (sulfide) groups is 1. The molecule has 0 radical (unpaired) electrons. The van der Waals surface area contributed by atoms with E-state index in [-0.39, 0.29) is 0 Å². The molecule has 0 aliphatic rings. The van der Waals surface area contributed by atoms with Crippen LogP contribution in [0, 0.1) is 6.92 Å². The largest absolute Gasteiger partial charge is 0.256 e. The first-order chi connectivity index (χ1) is 9.74. The molecule has 0 atom stereocenters. The van der Waals surface area contributed by atoms with Gasteiger partial charge in [-0.3, -0.25) is 4.99 Å². The molecule has 2 aromatic carbocycles. The highest BCUT2D eigenvalue weighted by atomic mass is 32.2. The van der Waals surface area contributed by atoms with Gasteiger partial charge in [0.15, 0.2) is 4.34 Å². The average Bonchev–Trinajstić information content (AvgIpc) is 2.89. The van der Waals surface area contributed by atoms with Crippen LogP contribution in [0.4, 0.5) is 5.69 Å². The first kappa shape index (κ1) is 13.3. The van der Waals surface area contributed by atoms with Gasteiger partial charge in [0, 0.05) is 6.21 Å². The Kier molecular flexibility index (Phi) is 3.85. The van der Waals surface area contributed by atoms with Crippen LogP contribution in [-0.2, 0) is 0 Å². The lowest BCUT2D eigenvalue weighted by molar-refractivity contribution is 1.31. The second-order valence-corrected chi connectivity index (χ2v) is 6.59. The van der Waals surface area contributed by atoms with Crippen molar-refractivity contribution in [3.8, 4) is 0 Å². The van der Waals surface area contributed by atoms with Gasteiger partial charge in [0.25, 0.3) is 0 Å². The average molecular weight is 298 g/mol. The van der Waals surface area contributed by atoms with Crippen molar-refractivity contribution in [3.63, 3.8) is 0 Å². The summed E-state index contributed by atoms with van der Waals surface area (Å²) in [5.41, 5.74) is 4.39. The third kappa shape index (κ3) is 2.92. The molecular formula is C16H14N2S2. The molecule has 3 rings (SSSR count). The Morgan fingerprint density at radius 2 is 1.95 bits per heavy atom. The van der Waals surface area contributed by atoms with Gasteiger partial charge in [-0.15, -0.1) is 11.3 Å². The topological polar surface area (TPSA) is 25.2 Å².